The van der Waals surface area contributed by atoms with Crippen molar-refractivity contribution in [1.82, 2.24) is 10.2 Å². The third-order valence-corrected chi connectivity index (χ3v) is 3.54. The highest BCUT2D eigenvalue weighted by molar-refractivity contribution is 4.82. The van der Waals surface area contributed by atoms with E-state index in [1.165, 1.54) is 32.2 Å². The van der Waals surface area contributed by atoms with Gasteiger partial charge in [-0.05, 0) is 38.6 Å². The zero-order valence-corrected chi connectivity index (χ0v) is 11.8. The van der Waals surface area contributed by atoms with Crippen molar-refractivity contribution < 1.29 is 1.43 Å². The third kappa shape index (κ3) is 4.84. The molecule has 0 amide bonds. The van der Waals surface area contributed by atoms with Crippen molar-refractivity contribution in [2.45, 2.75) is 71.5 Å². The van der Waals surface area contributed by atoms with E-state index in [9.17, 15) is 0 Å². The smallest absolute Gasteiger partial charge is 0.00934 e. The van der Waals surface area contributed by atoms with E-state index in [1.807, 2.05) is 0 Å². The predicted molar refractivity (Wildman–Crippen MR) is 73.9 cm³/mol. The summed E-state index contributed by atoms with van der Waals surface area (Å²) >= 11 is 0. The highest BCUT2D eigenvalue weighted by Gasteiger charge is 2.24. The van der Waals surface area contributed by atoms with Crippen LogP contribution in [0.3, 0.4) is 0 Å². The molecule has 1 aliphatic rings. The molecule has 0 aromatic carbocycles. The molecule has 0 aliphatic heterocycles. The molecule has 1 saturated carbocycles. The van der Waals surface area contributed by atoms with Crippen LogP contribution in [0.15, 0.2) is 0 Å². The molecule has 98 valence electrons. The van der Waals surface area contributed by atoms with E-state index in [0.29, 0.717) is 6.04 Å². The van der Waals surface area contributed by atoms with Gasteiger partial charge in [-0.25, -0.2) is 0 Å². The third-order valence-electron chi connectivity index (χ3n) is 3.54. The van der Waals surface area contributed by atoms with Crippen molar-refractivity contribution in [3.63, 3.8) is 0 Å². The SMILES string of the molecule is CC(C)CN(C)C1CCC(NC(C)C)CC1.[HH]. The van der Waals surface area contributed by atoms with Gasteiger partial charge < -0.3 is 10.2 Å². The standard InChI is InChI=1S/C14H30N2.H2/c1-11(2)10-16(5)14-8-6-13(7-9-14)15-12(3)4;/h11-15H,6-10H2,1-5H3;1H. The highest BCUT2D eigenvalue weighted by Crippen LogP contribution is 2.23. The van der Waals surface area contributed by atoms with E-state index in [4.69, 9.17) is 0 Å². The molecule has 0 heterocycles. The molecule has 1 fully saturated rings. The van der Waals surface area contributed by atoms with Crippen LogP contribution in [-0.2, 0) is 0 Å². The number of nitrogens with one attached hydrogen (secondary N) is 1. The summed E-state index contributed by atoms with van der Waals surface area (Å²) in [5.74, 6) is 0.788. The van der Waals surface area contributed by atoms with Gasteiger partial charge in [-0.2, -0.15) is 0 Å². The molecular formula is C14H32N2. The fraction of sp³-hybridized carbons (Fsp3) is 1.00. The van der Waals surface area contributed by atoms with E-state index in [-0.39, 0.29) is 1.43 Å². The molecule has 16 heavy (non-hydrogen) atoms. The minimum atomic E-state index is 0. The Bertz CT molecular complexity index is 187. The van der Waals surface area contributed by atoms with Gasteiger partial charge in [0.25, 0.3) is 0 Å². The first-order valence-electron chi connectivity index (χ1n) is 6.95. The van der Waals surface area contributed by atoms with Crippen LogP contribution in [-0.4, -0.2) is 36.6 Å². The average Bonchev–Trinajstić information content (AvgIpc) is 2.16. The lowest BCUT2D eigenvalue weighted by Crippen LogP contribution is -2.43. The largest absolute Gasteiger partial charge is 0.312 e. The van der Waals surface area contributed by atoms with Crippen LogP contribution in [0.4, 0.5) is 0 Å². The molecule has 0 unspecified atom stereocenters. The summed E-state index contributed by atoms with van der Waals surface area (Å²) in [5.41, 5.74) is 0. The summed E-state index contributed by atoms with van der Waals surface area (Å²) in [6, 6.07) is 2.23. The normalized spacial score (nSPS) is 27.0. The van der Waals surface area contributed by atoms with E-state index in [2.05, 4.69) is 45.0 Å². The van der Waals surface area contributed by atoms with Gasteiger partial charge in [0.05, 0.1) is 0 Å². The highest BCUT2D eigenvalue weighted by atomic mass is 15.1. The van der Waals surface area contributed by atoms with Gasteiger partial charge in [0, 0.05) is 26.1 Å². The van der Waals surface area contributed by atoms with Crippen molar-refractivity contribution in [3.8, 4) is 0 Å². The lowest BCUT2D eigenvalue weighted by Gasteiger charge is -2.36. The molecule has 0 aromatic rings. The Morgan fingerprint density at radius 2 is 1.69 bits per heavy atom. The topological polar surface area (TPSA) is 15.3 Å². The van der Waals surface area contributed by atoms with Crippen LogP contribution < -0.4 is 5.32 Å². The molecule has 2 heteroatoms. The van der Waals surface area contributed by atoms with E-state index < -0.39 is 0 Å². The first-order chi connectivity index (χ1) is 7.49. The second-order valence-corrected chi connectivity index (χ2v) is 6.16. The van der Waals surface area contributed by atoms with Crippen LogP contribution in [0.5, 0.6) is 0 Å². The fourth-order valence-corrected chi connectivity index (χ4v) is 2.88. The van der Waals surface area contributed by atoms with Gasteiger partial charge in [0.1, 0.15) is 0 Å². The maximum Gasteiger partial charge on any atom is 0.00934 e. The van der Waals surface area contributed by atoms with Crippen molar-refractivity contribution in [1.29, 1.82) is 0 Å². The van der Waals surface area contributed by atoms with Crippen LogP contribution >= 0.6 is 0 Å². The zero-order chi connectivity index (χ0) is 12.1. The van der Waals surface area contributed by atoms with Crippen LogP contribution in [0.25, 0.3) is 0 Å². The van der Waals surface area contributed by atoms with Gasteiger partial charge in [0.15, 0.2) is 0 Å². The Labute approximate surface area is 103 Å². The first kappa shape index (κ1) is 14.0. The molecule has 1 N–H and O–H groups in total. The second kappa shape index (κ2) is 6.61. The molecule has 2 nitrogen and oxygen atoms in total. The van der Waals surface area contributed by atoms with Crippen molar-refractivity contribution in [3.05, 3.63) is 0 Å². The molecule has 0 aromatic heterocycles. The Morgan fingerprint density at radius 1 is 1.12 bits per heavy atom. The van der Waals surface area contributed by atoms with Gasteiger partial charge in [-0.3, -0.25) is 0 Å². The Balaban J connectivity index is 0.00000256. The molecule has 0 bridgehead atoms. The van der Waals surface area contributed by atoms with Gasteiger partial charge in [-0.1, -0.05) is 27.7 Å². The number of nitrogens with zero attached hydrogens (tertiary/aromatic N) is 1. The van der Waals surface area contributed by atoms with Crippen molar-refractivity contribution >= 4 is 0 Å². The first-order valence-corrected chi connectivity index (χ1v) is 6.95. The van der Waals surface area contributed by atoms with E-state index in [1.54, 1.807) is 0 Å². The summed E-state index contributed by atoms with van der Waals surface area (Å²) in [6.07, 6.45) is 5.44. The van der Waals surface area contributed by atoms with Gasteiger partial charge in [0.2, 0.25) is 0 Å². The maximum absolute atomic E-state index is 3.66. The lowest BCUT2D eigenvalue weighted by molar-refractivity contribution is 0.157. The predicted octanol–water partition coefficient (Wildman–Crippen LogP) is 3.13. The summed E-state index contributed by atoms with van der Waals surface area (Å²) in [5, 5.41) is 3.66. The average molecular weight is 228 g/mol. The number of hydrogen-bond donors (Lipinski definition) is 1. The molecule has 1 aliphatic carbocycles. The Hall–Kier alpha value is -0.0800. The van der Waals surface area contributed by atoms with Crippen LogP contribution in [0.2, 0.25) is 0 Å². The Morgan fingerprint density at radius 3 is 2.12 bits per heavy atom. The minimum Gasteiger partial charge on any atom is -0.312 e. The molecule has 1 rings (SSSR count). The monoisotopic (exact) mass is 228 g/mol. The van der Waals surface area contributed by atoms with Gasteiger partial charge in [-0.15, -0.1) is 0 Å². The molecular weight excluding hydrogens is 196 g/mol. The zero-order valence-electron chi connectivity index (χ0n) is 11.8. The van der Waals surface area contributed by atoms with Crippen molar-refractivity contribution in [2.75, 3.05) is 13.6 Å². The molecule has 0 atom stereocenters. The quantitative estimate of drug-likeness (QED) is 0.778. The van der Waals surface area contributed by atoms with E-state index >= 15 is 0 Å². The molecule has 0 spiro atoms. The summed E-state index contributed by atoms with van der Waals surface area (Å²) in [6.45, 7) is 10.4. The maximum atomic E-state index is 3.66. The summed E-state index contributed by atoms with van der Waals surface area (Å²) in [4.78, 5) is 2.57. The summed E-state index contributed by atoms with van der Waals surface area (Å²) < 4.78 is 0. The van der Waals surface area contributed by atoms with Crippen LogP contribution in [0.1, 0.15) is 54.8 Å². The second-order valence-electron chi connectivity index (χ2n) is 6.16. The van der Waals surface area contributed by atoms with Crippen molar-refractivity contribution in [2.24, 2.45) is 5.92 Å². The van der Waals surface area contributed by atoms with Gasteiger partial charge >= 0.3 is 0 Å². The number of hydrogen-bond acceptors (Lipinski definition) is 2. The fourth-order valence-electron chi connectivity index (χ4n) is 2.88. The van der Waals surface area contributed by atoms with E-state index in [0.717, 1.165) is 18.0 Å². The Kier molecular flexibility index (Phi) is 5.77. The molecule has 0 radical (unpaired) electrons. The number of rotatable bonds is 5. The lowest BCUT2D eigenvalue weighted by atomic mass is 9.89. The molecule has 0 saturated heterocycles. The summed E-state index contributed by atoms with van der Waals surface area (Å²) in [7, 11) is 2.29. The minimum absolute atomic E-state index is 0. The van der Waals surface area contributed by atoms with Crippen LogP contribution in [0, 0.1) is 5.92 Å².